The lowest BCUT2D eigenvalue weighted by Crippen LogP contribution is -2.72. The van der Waals surface area contributed by atoms with E-state index in [1.807, 2.05) is 6.08 Å². The molecule has 7 fully saturated rings. The summed E-state index contributed by atoms with van der Waals surface area (Å²) >= 11 is 0. The van der Waals surface area contributed by atoms with Gasteiger partial charge in [-0.25, -0.2) is 0 Å². The Morgan fingerprint density at radius 2 is 0.631 bits per heavy atom. The van der Waals surface area contributed by atoms with Crippen LogP contribution in [-0.2, 0) is 80.7 Å². The van der Waals surface area contributed by atoms with Crippen molar-refractivity contribution in [1.82, 2.24) is 16.0 Å². The zero-order valence-corrected chi connectivity index (χ0v) is 76.8. The molecule has 37 atom stereocenters. The van der Waals surface area contributed by atoms with Crippen LogP contribution in [0.5, 0.6) is 0 Å². The highest BCUT2D eigenvalue weighted by Crippen LogP contribution is 2.40. The van der Waals surface area contributed by atoms with Crippen LogP contribution in [0.2, 0.25) is 0 Å². The maximum Gasteiger partial charge on any atom is 0.220 e. The Bertz CT molecular complexity index is 3060. The van der Waals surface area contributed by atoms with E-state index < -0.39 is 285 Å². The number of rotatable bonds is 62. The maximum absolute atomic E-state index is 13.7. The van der Waals surface area contributed by atoms with Crippen molar-refractivity contribution >= 4 is 17.7 Å². The van der Waals surface area contributed by atoms with E-state index >= 15 is 0 Å². The number of unbranched alkanes of at least 4 members (excludes halogenated alkanes) is 33. The maximum atomic E-state index is 13.7. The van der Waals surface area contributed by atoms with E-state index in [0.29, 0.717) is 12.8 Å². The minimum absolute atomic E-state index is 0.151. The molecule has 0 aliphatic carbocycles. The summed E-state index contributed by atoms with van der Waals surface area (Å²) < 4.78 is 84.6. The topological polar surface area (TPSA) is 621 Å². The highest BCUT2D eigenvalue weighted by molar-refractivity contribution is 5.76. The average molecular weight is 1880 g/mol. The third-order valence-corrected chi connectivity index (χ3v) is 25.8. The first-order valence-electron chi connectivity index (χ1n) is 48.3. The summed E-state index contributed by atoms with van der Waals surface area (Å²) in [5, 5.41) is 233. The molecule has 0 aromatic heterocycles. The standard InChI is InChI=1S/C90H163N3O37/c1-6-8-10-12-14-16-18-20-21-22-23-24-25-26-27-28-29-31-33-35-37-39-41-43-62(103)93-54(55(102)42-40-38-36-34-32-30-19-17-15-13-11-9-7-2)50-117-86-75(114)72(111)79(60(48-98)124-86)126-89-76(115)83(68(107)57(45-95)120-89)130-85-64(92-53(5)101)81(80(61(49-99)123-85)127-87-73(112)70(109)65(104)51(3)118-87)128-90-77(116)82(67(106)58(46-96)121-90)129-84-63(91-52(4)100)69(108)78(59(47-97)122-84)125-88-74(113)71(110)66(105)56(44-94)119-88/h40,42,51,54-61,63-90,94-99,102,104-116H,6-39,41,43-50H2,1-5H3,(H,91,100)(H,92,101)(H,93,103)/b42-40+/t51?,54-,55+,56?,57?,58?,59?,60?,61?,63?,64?,65+,66-,67-,68-,69+,70?,71-,72+,73-,74?,75?,76?,77?,78+,79+,80+,81+,82-,83-,84-,85-,86+,87+,88-,89-,90-/m0/s1. The van der Waals surface area contributed by atoms with Gasteiger partial charge < -0.3 is 184 Å². The second kappa shape index (κ2) is 61.3. The van der Waals surface area contributed by atoms with Crippen molar-refractivity contribution in [2.24, 2.45) is 0 Å². The van der Waals surface area contributed by atoms with E-state index in [1.54, 1.807) is 6.08 Å². The Hall–Kier alpha value is -3.21. The normalized spacial score (nSPS) is 37.3. The minimum atomic E-state index is -2.40. The smallest absolute Gasteiger partial charge is 0.220 e. The summed E-state index contributed by atoms with van der Waals surface area (Å²) in [6, 6.07) is -4.95. The van der Waals surface area contributed by atoms with Gasteiger partial charge in [0.05, 0.1) is 64.5 Å². The molecule has 760 valence electrons. The zero-order chi connectivity index (χ0) is 94.9. The molecular weight excluding hydrogens is 1710 g/mol. The summed E-state index contributed by atoms with van der Waals surface area (Å²) in [6.45, 7) is 0.918. The molecule has 0 spiro atoms. The molecule has 0 saturated carbocycles. The number of carbonyl (C=O) groups is 3. The van der Waals surface area contributed by atoms with Crippen molar-refractivity contribution < 1.29 is 183 Å². The molecule has 0 aromatic carbocycles. The largest absolute Gasteiger partial charge is 0.394 e. The summed E-state index contributed by atoms with van der Waals surface area (Å²) in [4.78, 5) is 40.2. The fourth-order valence-corrected chi connectivity index (χ4v) is 17.9. The second-order valence-corrected chi connectivity index (χ2v) is 36.3. The van der Waals surface area contributed by atoms with E-state index in [-0.39, 0.29) is 12.3 Å². The number of aliphatic hydroxyl groups is 20. The number of amides is 3. The Kier molecular flexibility index (Phi) is 53.6. The molecule has 130 heavy (non-hydrogen) atoms. The number of ether oxygens (including phenoxy) is 14. The van der Waals surface area contributed by atoms with Crippen LogP contribution < -0.4 is 16.0 Å². The minimum Gasteiger partial charge on any atom is -0.394 e. The van der Waals surface area contributed by atoms with Gasteiger partial charge in [0, 0.05) is 20.3 Å². The van der Waals surface area contributed by atoms with E-state index in [4.69, 9.17) is 66.3 Å². The molecule has 7 aliphatic rings. The van der Waals surface area contributed by atoms with Crippen molar-refractivity contribution in [1.29, 1.82) is 0 Å². The highest BCUT2D eigenvalue weighted by Gasteiger charge is 2.60. The van der Waals surface area contributed by atoms with Gasteiger partial charge in [-0.05, 0) is 26.2 Å². The molecule has 0 bridgehead atoms. The van der Waals surface area contributed by atoms with Gasteiger partial charge in [0.2, 0.25) is 17.7 Å². The summed E-state index contributed by atoms with van der Waals surface area (Å²) in [6.07, 6.45) is -21.4. The van der Waals surface area contributed by atoms with E-state index in [2.05, 4.69) is 29.8 Å². The third-order valence-electron chi connectivity index (χ3n) is 25.8. The lowest BCUT2D eigenvalue weighted by atomic mass is 9.93. The third kappa shape index (κ3) is 35.0. The first-order valence-corrected chi connectivity index (χ1v) is 48.3. The van der Waals surface area contributed by atoms with Crippen LogP contribution in [0.25, 0.3) is 0 Å². The van der Waals surface area contributed by atoms with Crippen LogP contribution in [0.4, 0.5) is 0 Å². The van der Waals surface area contributed by atoms with Crippen LogP contribution in [0, 0.1) is 0 Å². The van der Waals surface area contributed by atoms with Crippen LogP contribution >= 0.6 is 0 Å². The van der Waals surface area contributed by atoms with Crippen molar-refractivity contribution in [3.05, 3.63) is 12.2 Å². The van der Waals surface area contributed by atoms with Gasteiger partial charge in [-0.15, -0.1) is 0 Å². The molecule has 7 rings (SSSR count). The molecule has 40 heteroatoms. The molecule has 23 N–H and O–H groups in total. The average Bonchev–Trinajstić information content (AvgIpc) is 0.735. The monoisotopic (exact) mass is 1880 g/mol. The molecule has 40 nitrogen and oxygen atoms in total. The van der Waals surface area contributed by atoms with Crippen molar-refractivity contribution in [2.75, 3.05) is 46.2 Å². The van der Waals surface area contributed by atoms with Gasteiger partial charge in [0.15, 0.2) is 44.0 Å². The second-order valence-electron chi connectivity index (χ2n) is 36.3. The Morgan fingerprint density at radius 3 is 1.05 bits per heavy atom. The quantitative estimate of drug-likeness (QED) is 0.0271. The van der Waals surface area contributed by atoms with Crippen LogP contribution in [0.1, 0.15) is 266 Å². The molecule has 0 radical (unpaired) electrons. The first-order chi connectivity index (χ1) is 62.5. The summed E-state index contributed by atoms with van der Waals surface area (Å²) in [5.74, 6) is -2.20. The van der Waals surface area contributed by atoms with Gasteiger partial charge in [-0.3, -0.25) is 14.4 Å². The number of nitrogens with one attached hydrogen (secondary N) is 3. The zero-order valence-electron chi connectivity index (χ0n) is 76.8. The number of hydrogen-bond donors (Lipinski definition) is 23. The Balaban J connectivity index is 1.03. The number of hydrogen-bond acceptors (Lipinski definition) is 37. The molecule has 7 aliphatic heterocycles. The first kappa shape index (κ1) is 114. The molecule has 14 unspecified atom stereocenters. The lowest BCUT2D eigenvalue weighted by molar-refractivity contribution is -0.396. The van der Waals surface area contributed by atoms with Gasteiger partial charge in [-0.1, -0.05) is 231 Å². The van der Waals surface area contributed by atoms with E-state index in [1.165, 1.54) is 167 Å². The SMILES string of the molecule is CCCCCCCCCCCCC/C=C/[C@@H](O)[C@H](CO[C@@H]1OC(CO)[C@@H](O[C@@H]2OC(CO)[C@H](O)[C@H](O[C@@H]3OC(CO)[C@@H](O[C@H]4OC(C)[C@@H](O)C(O)[C@@H]4O)[C@H](O[C@@H]4OC(CO)[C@H](O)[C@H](O[C@@H]5OC(CO)[C@@H](O[C@@H]6OC(CO)[C@H](O)[C@H](O)C6O)[C@H](O)C5NC(C)=O)C4O)C3NC(C)=O)C2O)[C@H](O)C1O)NC(=O)CCCCCCCCCCCCCCCCCCCCCCCCC. The molecule has 7 heterocycles. The van der Waals surface area contributed by atoms with Gasteiger partial charge in [-0.2, -0.15) is 0 Å². The fraction of sp³-hybridized carbons (Fsp3) is 0.944. The Morgan fingerprint density at radius 1 is 0.315 bits per heavy atom. The van der Waals surface area contributed by atoms with Gasteiger partial charge in [0.25, 0.3) is 0 Å². The summed E-state index contributed by atoms with van der Waals surface area (Å²) in [7, 11) is 0. The fourth-order valence-electron chi connectivity index (χ4n) is 17.9. The number of aliphatic hydroxyl groups excluding tert-OH is 20. The number of allylic oxidation sites excluding steroid dienone is 1. The van der Waals surface area contributed by atoms with Gasteiger partial charge in [0.1, 0.15) is 165 Å². The van der Waals surface area contributed by atoms with E-state index in [9.17, 15) is 117 Å². The highest BCUT2D eigenvalue weighted by atomic mass is 16.8. The van der Waals surface area contributed by atoms with E-state index in [0.717, 1.165) is 65.2 Å². The summed E-state index contributed by atoms with van der Waals surface area (Å²) in [5.41, 5.74) is 0. The molecule has 0 aromatic rings. The van der Waals surface area contributed by atoms with Crippen molar-refractivity contribution in [3.8, 4) is 0 Å². The van der Waals surface area contributed by atoms with Gasteiger partial charge >= 0.3 is 0 Å². The van der Waals surface area contributed by atoms with Crippen molar-refractivity contribution in [3.63, 3.8) is 0 Å². The van der Waals surface area contributed by atoms with Crippen LogP contribution in [0.3, 0.4) is 0 Å². The molecule has 7 saturated heterocycles. The molecular formula is C90H163N3O37. The number of carbonyl (C=O) groups excluding carboxylic acids is 3. The molecule has 3 amide bonds. The Labute approximate surface area is 764 Å². The predicted octanol–water partition coefficient (Wildman–Crippen LogP) is -0.451. The predicted molar refractivity (Wildman–Crippen MR) is 462 cm³/mol. The van der Waals surface area contributed by atoms with Crippen molar-refractivity contribution in [2.45, 2.75) is 493 Å². The lowest BCUT2D eigenvalue weighted by Gasteiger charge is -2.52. The van der Waals surface area contributed by atoms with Crippen LogP contribution in [0.15, 0.2) is 12.2 Å². The van der Waals surface area contributed by atoms with Crippen LogP contribution in [-0.4, -0.2) is 393 Å².